The summed E-state index contributed by atoms with van der Waals surface area (Å²) in [4.78, 5) is 13.1. The fourth-order valence-corrected chi connectivity index (χ4v) is 2.11. The summed E-state index contributed by atoms with van der Waals surface area (Å²) in [6.45, 7) is 3.89. The Hall–Kier alpha value is -1.65. The molecule has 5 heteroatoms. The summed E-state index contributed by atoms with van der Waals surface area (Å²) in [5.74, 6) is 0.141. The van der Waals surface area contributed by atoms with E-state index in [9.17, 15) is 4.79 Å². The summed E-state index contributed by atoms with van der Waals surface area (Å²) in [7, 11) is 0. The Labute approximate surface area is 94.1 Å². The van der Waals surface area contributed by atoms with Crippen LogP contribution in [-0.4, -0.2) is 34.4 Å². The molecule has 0 amide bonds. The van der Waals surface area contributed by atoms with E-state index < -0.39 is 5.97 Å². The van der Waals surface area contributed by atoms with Crippen LogP contribution in [0, 0.1) is 5.92 Å². The number of carbonyl (C=O) groups is 1. The quantitative estimate of drug-likeness (QED) is 0.817. The highest BCUT2D eigenvalue weighted by molar-refractivity contribution is 5.93. The second kappa shape index (κ2) is 4.47. The molecular weight excluding hydrogens is 206 g/mol. The van der Waals surface area contributed by atoms with Crippen LogP contribution in [0.25, 0.3) is 0 Å². The number of hydrogen-bond donors (Lipinski definition) is 1. The van der Waals surface area contributed by atoms with Gasteiger partial charge in [-0.3, -0.25) is 0 Å². The second-order valence-corrected chi connectivity index (χ2v) is 4.27. The van der Waals surface area contributed by atoms with E-state index in [0.717, 1.165) is 19.5 Å². The largest absolute Gasteiger partial charge is 0.478 e. The number of hydrogen-bond acceptors (Lipinski definition) is 4. The highest BCUT2D eigenvalue weighted by Crippen LogP contribution is 2.23. The summed E-state index contributed by atoms with van der Waals surface area (Å²) in [5.41, 5.74) is 0.240. The van der Waals surface area contributed by atoms with Crippen molar-refractivity contribution in [3.05, 3.63) is 17.8 Å². The lowest BCUT2D eigenvalue weighted by Gasteiger charge is -2.32. The first-order valence-corrected chi connectivity index (χ1v) is 5.48. The Kier molecular flexibility index (Phi) is 3.03. The van der Waals surface area contributed by atoms with Gasteiger partial charge in [0.2, 0.25) is 0 Å². The molecule has 16 heavy (non-hydrogen) atoms. The number of carboxylic acids is 1. The maximum atomic E-state index is 11.1. The average molecular weight is 221 g/mol. The van der Waals surface area contributed by atoms with E-state index in [1.165, 1.54) is 18.7 Å². The standard InChI is InChI=1S/C11H15N3O2/c1-8-3-2-6-14(7-8)10-9(11(15)16)4-5-12-13-10/h4-5,8H,2-3,6-7H2,1H3,(H,15,16). The minimum absolute atomic E-state index is 0.240. The summed E-state index contributed by atoms with van der Waals surface area (Å²) < 4.78 is 0. The first kappa shape index (κ1) is 10.9. The third-order valence-electron chi connectivity index (χ3n) is 2.89. The van der Waals surface area contributed by atoms with E-state index in [1.807, 2.05) is 4.90 Å². The second-order valence-electron chi connectivity index (χ2n) is 4.27. The van der Waals surface area contributed by atoms with Gasteiger partial charge in [-0.2, -0.15) is 5.10 Å². The number of anilines is 1. The van der Waals surface area contributed by atoms with E-state index in [4.69, 9.17) is 5.11 Å². The van der Waals surface area contributed by atoms with E-state index in [1.54, 1.807) is 0 Å². The van der Waals surface area contributed by atoms with Gasteiger partial charge in [0, 0.05) is 13.1 Å². The molecule has 1 aliphatic rings. The van der Waals surface area contributed by atoms with E-state index in [2.05, 4.69) is 17.1 Å². The zero-order valence-corrected chi connectivity index (χ0v) is 9.26. The van der Waals surface area contributed by atoms with E-state index >= 15 is 0 Å². The van der Waals surface area contributed by atoms with Crippen molar-refractivity contribution in [3.8, 4) is 0 Å². The molecule has 0 saturated carbocycles. The monoisotopic (exact) mass is 221 g/mol. The minimum atomic E-state index is -0.942. The van der Waals surface area contributed by atoms with Crippen molar-refractivity contribution in [1.29, 1.82) is 0 Å². The molecule has 86 valence electrons. The SMILES string of the molecule is CC1CCCN(c2nnccc2C(=O)O)C1. The molecule has 1 atom stereocenters. The number of aromatic carboxylic acids is 1. The Morgan fingerprint density at radius 2 is 2.44 bits per heavy atom. The number of rotatable bonds is 2. The molecule has 0 spiro atoms. The third-order valence-corrected chi connectivity index (χ3v) is 2.89. The molecule has 1 aromatic rings. The highest BCUT2D eigenvalue weighted by atomic mass is 16.4. The van der Waals surface area contributed by atoms with Crippen LogP contribution in [0.3, 0.4) is 0 Å². The summed E-state index contributed by atoms with van der Waals surface area (Å²) in [6.07, 6.45) is 3.69. The predicted molar refractivity (Wildman–Crippen MR) is 59.6 cm³/mol. The smallest absolute Gasteiger partial charge is 0.339 e. The van der Waals surface area contributed by atoms with Crippen LogP contribution >= 0.6 is 0 Å². The lowest BCUT2D eigenvalue weighted by Crippen LogP contribution is -2.36. The maximum Gasteiger partial charge on any atom is 0.339 e. The summed E-state index contributed by atoms with van der Waals surface area (Å²) in [6, 6.07) is 1.50. The van der Waals surface area contributed by atoms with Crippen molar-refractivity contribution >= 4 is 11.8 Å². The van der Waals surface area contributed by atoms with Crippen LogP contribution in [0.1, 0.15) is 30.1 Å². The van der Waals surface area contributed by atoms with E-state index in [0.29, 0.717) is 11.7 Å². The number of piperidine rings is 1. The summed E-state index contributed by atoms with van der Waals surface area (Å²) >= 11 is 0. The van der Waals surface area contributed by atoms with Crippen LogP contribution in [0.5, 0.6) is 0 Å². The molecule has 1 fully saturated rings. The zero-order valence-electron chi connectivity index (χ0n) is 9.26. The number of aromatic nitrogens is 2. The summed E-state index contributed by atoms with van der Waals surface area (Å²) in [5, 5.41) is 16.8. The first-order valence-electron chi connectivity index (χ1n) is 5.48. The molecule has 1 unspecified atom stereocenters. The van der Waals surface area contributed by atoms with Crippen LogP contribution in [0.2, 0.25) is 0 Å². The molecule has 0 bridgehead atoms. The molecule has 1 N–H and O–H groups in total. The molecule has 1 aliphatic heterocycles. The highest BCUT2D eigenvalue weighted by Gasteiger charge is 2.22. The van der Waals surface area contributed by atoms with Gasteiger partial charge in [0.15, 0.2) is 5.82 Å². The Morgan fingerprint density at radius 3 is 3.12 bits per heavy atom. The van der Waals surface area contributed by atoms with Crippen molar-refractivity contribution in [2.24, 2.45) is 5.92 Å². The van der Waals surface area contributed by atoms with Gasteiger partial charge in [-0.15, -0.1) is 5.10 Å². The van der Waals surface area contributed by atoms with Gasteiger partial charge >= 0.3 is 5.97 Å². The third kappa shape index (κ3) is 2.13. The van der Waals surface area contributed by atoms with Crippen molar-refractivity contribution in [3.63, 3.8) is 0 Å². The average Bonchev–Trinajstić information content (AvgIpc) is 2.29. The van der Waals surface area contributed by atoms with E-state index in [-0.39, 0.29) is 5.56 Å². The van der Waals surface area contributed by atoms with Crippen LogP contribution in [0.4, 0.5) is 5.82 Å². The van der Waals surface area contributed by atoms with Gasteiger partial charge in [0.25, 0.3) is 0 Å². The predicted octanol–water partition coefficient (Wildman–Crippen LogP) is 1.41. The van der Waals surface area contributed by atoms with Gasteiger partial charge in [-0.1, -0.05) is 6.92 Å². The fourth-order valence-electron chi connectivity index (χ4n) is 2.11. The van der Waals surface area contributed by atoms with Crippen molar-refractivity contribution in [2.45, 2.75) is 19.8 Å². The molecule has 2 rings (SSSR count). The van der Waals surface area contributed by atoms with Crippen LogP contribution in [0.15, 0.2) is 12.3 Å². The van der Waals surface area contributed by atoms with Crippen molar-refractivity contribution < 1.29 is 9.90 Å². The fraction of sp³-hybridized carbons (Fsp3) is 0.545. The van der Waals surface area contributed by atoms with Gasteiger partial charge in [-0.25, -0.2) is 4.79 Å². The first-order chi connectivity index (χ1) is 7.68. The molecule has 2 heterocycles. The van der Waals surface area contributed by atoms with Gasteiger partial charge < -0.3 is 10.0 Å². The molecule has 5 nitrogen and oxygen atoms in total. The zero-order chi connectivity index (χ0) is 11.5. The molecule has 1 saturated heterocycles. The van der Waals surface area contributed by atoms with Crippen LogP contribution < -0.4 is 4.90 Å². The molecule has 1 aromatic heterocycles. The van der Waals surface area contributed by atoms with Crippen LogP contribution in [-0.2, 0) is 0 Å². The number of carboxylic acid groups (broad SMARTS) is 1. The molecular formula is C11H15N3O2. The van der Waals surface area contributed by atoms with Gasteiger partial charge in [0.1, 0.15) is 5.56 Å². The normalized spacial score (nSPS) is 20.8. The molecule has 0 aromatic carbocycles. The lowest BCUT2D eigenvalue weighted by atomic mass is 10.00. The Balaban J connectivity index is 2.28. The lowest BCUT2D eigenvalue weighted by molar-refractivity contribution is 0.0696. The van der Waals surface area contributed by atoms with Gasteiger partial charge in [-0.05, 0) is 24.8 Å². The molecule has 0 radical (unpaired) electrons. The molecule has 0 aliphatic carbocycles. The van der Waals surface area contributed by atoms with Crippen molar-refractivity contribution in [2.75, 3.05) is 18.0 Å². The van der Waals surface area contributed by atoms with Gasteiger partial charge in [0.05, 0.1) is 6.20 Å². The Morgan fingerprint density at radius 1 is 1.62 bits per heavy atom. The maximum absolute atomic E-state index is 11.1. The Bertz CT molecular complexity index is 395. The number of nitrogens with zero attached hydrogens (tertiary/aromatic N) is 3. The van der Waals surface area contributed by atoms with Crippen molar-refractivity contribution in [1.82, 2.24) is 10.2 Å². The topological polar surface area (TPSA) is 66.3 Å². The minimum Gasteiger partial charge on any atom is -0.478 e.